The monoisotopic (exact) mass is 519 g/mol. The number of nitrogens with zero attached hydrogens (tertiary/aromatic N) is 2. The van der Waals surface area contributed by atoms with Gasteiger partial charge in [-0.2, -0.15) is 13.2 Å². The minimum Gasteiger partial charge on any atom is -0.465 e. The third kappa shape index (κ3) is 5.18. The van der Waals surface area contributed by atoms with Gasteiger partial charge in [0.05, 0.1) is 41.6 Å². The highest BCUT2D eigenvalue weighted by molar-refractivity contribution is 6.06. The van der Waals surface area contributed by atoms with Gasteiger partial charge in [-0.15, -0.1) is 0 Å². The van der Waals surface area contributed by atoms with E-state index < -0.39 is 23.6 Å². The highest BCUT2D eigenvalue weighted by atomic mass is 19.4. The number of amides is 1. The zero-order valence-corrected chi connectivity index (χ0v) is 20.5. The van der Waals surface area contributed by atoms with Gasteiger partial charge in [0.15, 0.2) is 0 Å². The highest BCUT2D eigenvalue weighted by Crippen LogP contribution is 2.34. The van der Waals surface area contributed by atoms with E-state index >= 15 is 0 Å². The number of allylic oxidation sites excluding steroid dienone is 1. The van der Waals surface area contributed by atoms with Crippen LogP contribution in [0.1, 0.15) is 28.0 Å². The van der Waals surface area contributed by atoms with E-state index in [9.17, 15) is 22.8 Å². The summed E-state index contributed by atoms with van der Waals surface area (Å²) in [5.41, 5.74) is 0.589. The molecular formula is C29H24F3N3O3. The summed E-state index contributed by atoms with van der Waals surface area (Å²) in [6.07, 6.45) is 4.42. The van der Waals surface area contributed by atoms with E-state index in [0.29, 0.717) is 28.6 Å². The molecule has 6 nitrogen and oxygen atoms in total. The average molecular weight is 520 g/mol. The van der Waals surface area contributed by atoms with Crippen molar-refractivity contribution < 1.29 is 27.5 Å². The van der Waals surface area contributed by atoms with Crippen molar-refractivity contribution in [1.82, 2.24) is 14.9 Å². The zero-order valence-electron chi connectivity index (χ0n) is 20.5. The summed E-state index contributed by atoms with van der Waals surface area (Å²) in [6.45, 7) is 0.484. The van der Waals surface area contributed by atoms with Crippen LogP contribution in [0.25, 0.3) is 21.7 Å². The molecule has 2 aromatic carbocycles. The van der Waals surface area contributed by atoms with Crippen molar-refractivity contribution in [3.05, 3.63) is 102 Å². The second-order valence-electron chi connectivity index (χ2n) is 9.14. The third-order valence-corrected chi connectivity index (χ3v) is 6.59. The molecule has 0 bridgehead atoms. The molecule has 5 rings (SSSR count). The maximum absolute atomic E-state index is 13.7. The smallest absolute Gasteiger partial charge is 0.416 e. The van der Waals surface area contributed by atoms with Crippen LogP contribution in [0.2, 0.25) is 0 Å². The van der Waals surface area contributed by atoms with Crippen LogP contribution in [0, 0.1) is 5.92 Å². The molecular weight excluding hydrogens is 495 g/mol. The highest BCUT2D eigenvalue weighted by Gasteiger charge is 2.33. The lowest BCUT2D eigenvalue weighted by atomic mass is 9.96. The molecule has 9 heteroatoms. The number of alkyl halides is 3. The van der Waals surface area contributed by atoms with Crippen molar-refractivity contribution in [3.63, 3.8) is 0 Å². The second-order valence-corrected chi connectivity index (χ2v) is 9.14. The summed E-state index contributed by atoms with van der Waals surface area (Å²) in [5, 5.41) is 5.06. The summed E-state index contributed by atoms with van der Waals surface area (Å²) in [4.78, 5) is 29.4. The Morgan fingerprint density at radius 2 is 1.89 bits per heavy atom. The van der Waals surface area contributed by atoms with Crippen LogP contribution in [0.5, 0.6) is 0 Å². The van der Waals surface area contributed by atoms with E-state index in [1.165, 1.54) is 7.11 Å². The molecule has 0 fully saturated rings. The number of rotatable bonds is 6. The van der Waals surface area contributed by atoms with Crippen LogP contribution in [0.3, 0.4) is 0 Å². The lowest BCUT2D eigenvalue weighted by molar-refractivity contribution is -0.137. The SMILES string of the molecule is COC(=O)C1=CC[C@H](CNC(=O)c2cc(C(F)(F)F)cc3ccn(Cc4cc5ccccc5cn4)c23)C=C1. The van der Waals surface area contributed by atoms with E-state index in [2.05, 4.69) is 10.3 Å². The first-order valence-corrected chi connectivity index (χ1v) is 12.0. The number of pyridine rings is 1. The molecule has 2 heterocycles. The van der Waals surface area contributed by atoms with E-state index in [-0.39, 0.29) is 24.6 Å². The van der Waals surface area contributed by atoms with Crippen LogP contribution in [0.4, 0.5) is 13.2 Å². The number of hydrogen-bond acceptors (Lipinski definition) is 4. The van der Waals surface area contributed by atoms with Gasteiger partial charge in [0, 0.05) is 29.7 Å². The first kappa shape index (κ1) is 25.3. The zero-order chi connectivity index (χ0) is 26.9. The Labute approximate surface area is 216 Å². The fourth-order valence-corrected chi connectivity index (χ4v) is 4.61. The fraction of sp³-hybridized carbons (Fsp3) is 0.207. The van der Waals surface area contributed by atoms with Crippen molar-refractivity contribution >= 4 is 33.6 Å². The topological polar surface area (TPSA) is 73.2 Å². The third-order valence-electron chi connectivity index (χ3n) is 6.59. The minimum atomic E-state index is -4.60. The van der Waals surface area contributed by atoms with Crippen LogP contribution >= 0.6 is 0 Å². The number of carbonyl (C=O) groups excluding carboxylic acids is 2. The number of esters is 1. The number of fused-ring (bicyclic) bond motifs is 2. The Kier molecular flexibility index (Phi) is 6.75. The second kappa shape index (κ2) is 10.2. The fourth-order valence-electron chi connectivity index (χ4n) is 4.61. The molecule has 0 saturated carbocycles. The molecule has 0 spiro atoms. The van der Waals surface area contributed by atoms with Crippen LogP contribution in [-0.2, 0) is 22.3 Å². The van der Waals surface area contributed by atoms with E-state index in [0.717, 1.165) is 22.9 Å². The minimum absolute atomic E-state index is 0.0637. The summed E-state index contributed by atoms with van der Waals surface area (Å²) in [6, 6.07) is 13.2. The van der Waals surface area contributed by atoms with E-state index in [4.69, 9.17) is 4.74 Å². The molecule has 1 aliphatic carbocycles. The van der Waals surface area contributed by atoms with Gasteiger partial charge in [0.1, 0.15) is 0 Å². The van der Waals surface area contributed by atoms with Crippen molar-refractivity contribution in [1.29, 1.82) is 0 Å². The Balaban J connectivity index is 1.43. The van der Waals surface area contributed by atoms with Gasteiger partial charge < -0.3 is 14.6 Å². The van der Waals surface area contributed by atoms with Crippen molar-refractivity contribution in [2.45, 2.75) is 19.1 Å². The Hall–Kier alpha value is -4.40. The van der Waals surface area contributed by atoms with Crippen LogP contribution < -0.4 is 5.32 Å². The molecule has 1 amide bonds. The van der Waals surface area contributed by atoms with Crippen molar-refractivity contribution in [2.75, 3.05) is 13.7 Å². The first-order chi connectivity index (χ1) is 18.2. The van der Waals surface area contributed by atoms with Gasteiger partial charge in [-0.25, -0.2) is 4.79 Å². The Morgan fingerprint density at radius 1 is 1.11 bits per heavy atom. The molecule has 0 aliphatic heterocycles. The number of carbonyl (C=O) groups is 2. The number of aromatic nitrogens is 2. The summed E-state index contributed by atoms with van der Waals surface area (Å²) in [5.74, 6) is -1.16. The average Bonchev–Trinajstić information content (AvgIpc) is 3.33. The Morgan fingerprint density at radius 3 is 2.61 bits per heavy atom. The standard InChI is InChI=1S/C29H24F3N3O3/c1-38-28(37)19-8-6-18(7-9-19)15-34-27(36)25-14-23(29(30,31)32)12-21-10-11-35(26(21)25)17-24-13-20-4-2-3-5-22(20)16-33-24/h2-6,8-14,16,18H,7,15,17H2,1H3,(H,34,36)/t18-/m1/s1. The quantitative estimate of drug-likeness (QED) is 0.334. The van der Waals surface area contributed by atoms with Crippen molar-refractivity contribution in [3.8, 4) is 0 Å². The normalized spacial score (nSPS) is 15.5. The molecule has 0 unspecified atom stereocenters. The van der Waals surface area contributed by atoms with Gasteiger partial charge in [-0.05, 0) is 42.0 Å². The predicted molar refractivity (Wildman–Crippen MR) is 137 cm³/mol. The van der Waals surface area contributed by atoms with Crippen LogP contribution in [-0.4, -0.2) is 35.1 Å². The predicted octanol–water partition coefficient (Wildman–Crippen LogP) is 5.66. The number of hydrogen-bond donors (Lipinski definition) is 1. The van der Waals surface area contributed by atoms with E-state index in [1.807, 2.05) is 30.3 Å². The van der Waals surface area contributed by atoms with Gasteiger partial charge in [0.2, 0.25) is 0 Å². The Bertz CT molecular complexity index is 1600. The molecule has 1 atom stereocenters. The lowest BCUT2D eigenvalue weighted by Gasteiger charge is -2.17. The van der Waals surface area contributed by atoms with Gasteiger partial charge in [-0.1, -0.05) is 42.5 Å². The maximum atomic E-state index is 13.7. The number of ether oxygens (including phenoxy) is 1. The first-order valence-electron chi connectivity index (χ1n) is 12.0. The molecule has 2 aromatic heterocycles. The molecule has 1 aliphatic rings. The van der Waals surface area contributed by atoms with Gasteiger partial charge >= 0.3 is 12.1 Å². The number of methoxy groups -OCH3 is 1. The van der Waals surface area contributed by atoms with Crippen LogP contribution in [0.15, 0.2) is 84.7 Å². The number of halogens is 3. The lowest BCUT2D eigenvalue weighted by Crippen LogP contribution is -2.30. The van der Waals surface area contributed by atoms with E-state index in [1.54, 1.807) is 41.3 Å². The number of nitrogens with one attached hydrogen (secondary N) is 1. The molecule has 0 radical (unpaired) electrons. The molecule has 0 saturated heterocycles. The van der Waals surface area contributed by atoms with Gasteiger partial charge in [-0.3, -0.25) is 9.78 Å². The van der Waals surface area contributed by atoms with Crippen molar-refractivity contribution in [2.24, 2.45) is 5.92 Å². The molecule has 4 aromatic rings. The van der Waals surface area contributed by atoms with Gasteiger partial charge in [0.25, 0.3) is 5.91 Å². The molecule has 194 valence electrons. The molecule has 38 heavy (non-hydrogen) atoms. The maximum Gasteiger partial charge on any atom is 0.416 e. The summed E-state index contributed by atoms with van der Waals surface area (Å²) >= 11 is 0. The molecule has 1 N–H and O–H groups in total. The number of benzene rings is 2. The summed E-state index contributed by atoms with van der Waals surface area (Å²) in [7, 11) is 1.30. The largest absolute Gasteiger partial charge is 0.465 e. The summed E-state index contributed by atoms with van der Waals surface area (Å²) < 4.78 is 47.4.